The maximum atomic E-state index is 12.4. The van der Waals surface area contributed by atoms with E-state index in [1.54, 1.807) is 18.2 Å². The number of hydrogen-bond donors (Lipinski definition) is 1. The van der Waals surface area contributed by atoms with Crippen LogP contribution in [0.1, 0.15) is 10.4 Å². The Morgan fingerprint density at radius 1 is 1.10 bits per heavy atom. The summed E-state index contributed by atoms with van der Waals surface area (Å²) in [6.07, 6.45) is 0. The normalized spacial score (nSPS) is 10.8. The molecule has 0 aliphatic carbocycles. The standard InChI is InChI=1S/C15H10O5/c1-19-9-3-4-10-13(7-9)20-12-5-2-8(15(17)18)6-11(12)14(10)16/h2-7H,1H3,(H,17,18). The second-order valence-corrected chi connectivity index (χ2v) is 4.31. The fraction of sp³-hybridized carbons (Fsp3) is 0.0667. The number of aromatic carboxylic acids is 1. The number of ether oxygens (including phenoxy) is 1. The van der Waals surface area contributed by atoms with E-state index in [1.165, 1.54) is 25.3 Å². The van der Waals surface area contributed by atoms with Crippen molar-refractivity contribution in [3.8, 4) is 5.75 Å². The molecule has 5 nitrogen and oxygen atoms in total. The summed E-state index contributed by atoms with van der Waals surface area (Å²) in [5, 5.41) is 9.61. The van der Waals surface area contributed by atoms with Crippen LogP contribution < -0.4 is 10.2 Å². The van der Waals surface area contributed by atoms with Crippen LogP contribution >= 0.6 is 0 Å². The van der Waals surface area contributed by atoms with Gasteiger partial charge in [-0.2, -0.15) is 0 Å². The zero-order valence-electron chi connectivity index (χ0n) is 10.5. The van der Waals surface area contributed by atoms with Crippen molar-refractivity contribution in [1.82, 2.24) is 0 Å². The molecule has 1 aromatic heterocycles. The van der Waals surface area contributed by atoms with Crippen molar-refractivity contribution in [1.29, 1.82) is 0 Å². The van der Waals surface area contributed by atoms with Gasteiger partial charge in [0.25, 0.3) is 0 Å². The quantitative estimate of drug-likeness (QED) is 0.724. The van der Waals surface area contributed by atoms with Gasteiger partial charge < -0.3 is 14.3 Å². The van der Waals surface area contributed by atoms with Gasteiger partial charge in [0.05, 0.1) is 23.4 Å². The third-order valence-corrected chi connectivity index (χ3v) is 3.12. The second-order valence-electron chi connectivity index (χ2n) is 4.31. The molecule has 5 heteroatoms. The summed E-state index contributed by atoms with van der Waals surface area (Å²) in [4.78, 5) is 23.3. The van der Waals surface area contributed by atoms with Crippen LogP contribution in [-0.4, -0.2) is 18.2 Å². The fourth-order valence-corrected chi connectivity index (χ4v) is 2.09. The minimum atomic E-state index is -1.08. The molecule has 0 spiro atoms. The van der Waals surface area contributed by atoms with Crippen LogP contribution in [0.5, 0.6) is 5.75 Å². The van der Waals surface area contributed by atoms with Crippen molar-refractivity contribution < 1.29 is 19.1 Å². The van der Waals surface area contributed by atoms with Gasteiger partial charge in [0.2, 0.25) is 5.43 Å². The van der Waals surface area contributed by atoms with E-state index >= 15 is 0 Å². The van der Waals surface area contributed by atoms with Crippen molar-refractivity contribution in [2.75, 3.05) is 7.11 Å². The Labute approximate surface area is 113 Å². The lowest BCUT2D eigenvalue weighted by Crippen LogP contribution is -2.04. The molecular weight excluding hydrogens is 260 g/mol. The Morgan fingerprint density at radius 3 is 2.60 bits per heavy atom. The lowest BCUT2D eigenvalue weighted by Gasteiger charge is -2.04. The predicted molar refractivity (Wildman–Crippen MR) is 73.5 cm³/mol. The summed E-state index contributed by atoms with van der Waals surface area (Å²) in [5.74, 6) is -0.497. The van der Waals surface area contributed by atoms with Crippen LogP contribution in [0, 0.1) is 0 Å². The van der Waals surface area contributed by atoms with E-state index in [9.17, 15) is 9.59 Å². The molecule has 0 fully saturated rings. The van der Waals surface area contributed by atoms with Crippen LogP contribution in [-0.2, 0) is 0 Å². The third-order valence-electron chi connectivity index (χ3n) is 3.12. The number of carbonyl (C=O) groups is 1. The van der Waals surface area contributed by atoms with Crippen LogP contribution in [0.25, 0.3) is 21.9 Å². The summed E-state index contributed by atoms with van der Waals surface area (Å²) in [6.45, 7) is 0. The Balaban J connectivity index is 2.40. The maximum Gasteiger partial charge on any atom is 0.335 e. The van der Waals surface area contributed by atoms with Crippen molar-refractivity contribution in [2.24, 2.45) is 0 Å². The Hall–Kier alpha value is -2.82. The van der Waals surface area contributed by atoms with Crippen molar-refractivity contribution in [3.63, 3.8) is 0 Å². The van der Waals surface area contributed by atoms with Crippen LogP contribution in [0.2, 0.25) is 0 Å². The first kappa shape index (κ1) is 12.2. The van der Waals surface area contributed by atoms with Crippen LogP contribution in [0.15, 0.2) is 45.6 Å². The van der Waals surface area contributed by atoms with Gasteiger partial charge in [-0.15, -0.1) is 0 Å². The molecule has 1 heterocycles. The monoisotopic (exact) mass is 270 g/mol. The lowest BCUT2D eigenvalue weighted by molar-refractivity contribution is 0.0697. The van der Waals surface area contributed by atoms with Gasteiger partial charge in [-0.05, 0) is 30.3 Å². The number of carboxylic acid groups (broad SMARTS) is 1. The Kier molecular flexibility index (Phi) is 2.68. The first-order valence-corrected chi connectivity index (χ1v) is 5.88. The van der Waals surface area contributed by atoms with E-state index in [4.69, 9.17) is 14.3 Å². The molecule has 20 heavy (non-hydrogen) atoms. The van der Waals surface area contributed by atoms with E-state index in [2.05, 4.69) is 0 Å². The van der Waals surface area contributed by atoms with Gasteiger partial charge in [0, 0.05) is 6.07 Å². The summed E-state index contributed by atoms with van der Waals surface area (Å²) in [5.41, 5.74) is 0.551. The van der Waals surface area contributed by atoms with Gasteiger partial charge in [-0.25, -0.2) is 4.79 Å². The highest BCUT2D eigenvalue weighted by molar-refractivity contribution is 5.96. The number of rotatable bonds is 2. The summed E-state index contributed by atoms with van der Waals surface area (Å²) in [7, 11) is 1.53. The van der Waals surface area contributed by atoms with E-state index in [1.807, 2.05) is 0 Å². The molecule has 100 valence electrons. The molecular formula is C15H10O5. The Bertz CT molecular complexity index is 892. The number of fused-ring (bicyclic) bond motifs is 2. The number of hydrogen-bond acceptors (Lipinski definition) is 4. The smallest absolute Gasteiger partial charge is 0.335 e. The summed E-state index contributed by atoms with van der Waals surface area (Å²) < 4.78 is 10.7. The first-order valence-electron chi connectivity index (χ1n) is 5.88. The van der Waals surface area contributed by atoms with E-state index in [-0.39, 0.29) is 16.4 Å². The van der Waals surface area contributed by atoms with E-state index in [0.717, 1.165) is 0 Å². The predicted octanol–water partition coefficient (Wildman–Crippen LogP) is 2.65. The zero-order chi connectivity index (χ0) is 14.3. The number of carboxylic acids is 1. The number of benzene rings is 2. The summed E-state index contributed by atoms with van der Waals surface area (Å²) >= 11 is 0. The first-order chi connectivity index (χ1) is 9.60. The molecule has 0 aliphatic heterocycles. The van der Waals surface area contributed by atoms with Gasteiger partial charge >= 0.3 is 5.97 Å². The van der Waals surface area contributed by atoms with E-state index in [0.29, 0.717) is 22.3 Å². The molecule has 0 saturated carbocycles. The molecule has 0 unspecified atom stereocenters. The highest BCUT2D eigenvalue weighted by Crippen LogP contribution is 2.23. The SMILES string of the molecule is COc1ccc2c(=O)c3cc(C(=O)O)ccc3oc2c1. The molecule has 0 saturated heterocycles. The Morgan fingerprint density at radius 2 is 1.90 bits per heavy atom. The molecule has 0 radical (unpaired) electrons. The van der Waals surface area contributed by atoms with Crippen molar-refractivity contribution >= 4 is 27.9 Å². The highest BCUT2D eigenvalue weighted by Gasteiger charge is 2.11. The molecule has 0 amide bonds. The molecule has 0 bridgehead atoms. The lowest BCUT2D eigenvalue weighted by atomic mass is 10.1. The molecule has 3 rings (SSSR count). The van der Waals surface area contributed by atoms with E-state index < -0.39 is 5.97 Å². The van der Waals surface area contributed by atoms with Crippen molar-refractivity contribution in [3.05, 3.63) is 52.2 Å². The average Bonchev–Trinajstić information content (AvgIpc) is 2.46. The van der Waals surface area contributed by atoms with Gasteiger partial charge in [0.15, 0.2) is 0 Å². The number of methoxy groups -OCH3 is 1. The largest absolute Gasteiger partial charge is 0.497 e. The van der Waals surface area contributed by atoms with Gasteiger partial charge in [-0.3, -0.25) is 4.79 Å². The van der Waals surface area contributed by atoms with Crippen LogP contribution in [0.3, 0.4) is 0 Å². The summed E-state index contributed by atoms with van der Waals surface area (Å²) in [6, 6.07) is 9.10. The van der Waals surface area contributed by atoms with Crippen LogP contribution in [0.4, 0.5) is 0 Å². The second kappa shape index (κ2) is 4.38. The minimum absolute atomic E-state index is 0.0534. The molecule has 1 N–H and O–H groups in total. The third kappa shape index (κ3) is 1.80. The average molecular weight is 270 g/mol. The van der Waals surface area contributed by atoms with Gasteiger partial charge in [0.1, 0.15) is 16.9 Å². The molecule has 2 aromatic carbocycles. The zero-order valence-corrected chi connectivity index (χ0v) is 10.5. The highest BCUT2D eigenvalue weighted by atomic mass is 16.5. The molecule has 0 atom stereocenters. The molecule has 3 aromatic rings. The maximum absolute atomic E-state index is 12.4. The topological polar surface area (TPSA) is 76.7 Å². The van der Waals surface area contributed by atoms with Crippen molar-refractivity contribution in [2.45, 2.75) is 0 Å². The molecule has 0 aliphatic rings. The minimum Gasteiger partial charge on any atom is -0.497 e. The fourth-order valence-electron chi connectivity index (χ4n) is 2.09. The van der Waals surface area contributed by atoms with Gasteiger partial charge in [-0.1, -0.05) is 0 Å².